The number of hydrogen-bond donors (Lipinski definition) is 1. The van der Waals surface area contributed by atoms with E-state index in [4.69, 9.17) is 9.47 Å². The van der Waals surface area contributed by atoms with E-state index < -0.39 is 0 Å². The monoisotopic (exact) mass is 414 g/mol. The average Bonchev–Trinajstić information content (AvgIpc) is 3.22. The summed E-state index contributed by atoms with van der Waals surface area (Å²) < 4.78 is 13.2. The normalized spacial score (nSPS) is 15.0. The summed E-state index contributed by atoms with van der Waals surface area (Å²) in [4.78, 5) is 36.6. The molecule has 3 aromatic rings. The number of nitrogens with zero attached hydrogens (tertiary/aromatic N) is 5. The van der Waals surface area contributed by atoms with Crippen molar-refractivity contribution >= 4 is 17.1 Å². The van der Waals surface area contributed by atoms with E-state index in [-0.39, 0.29) is 11.2 Å². The van der Waals surface area contributed by atoms with Gasteiger partial charge in [-0.1, -0.05) is 6.07 Å². The van der Waals surface area contributed by atoms with Gasteiger partial charge in [-0.2, -0.15) is 4.98 Å². The molecule has 1 aromatic carbocycles. The van der Waals surface area contributed by atoms with E-state index in [1.165, 1.54) is 11.6 Å². The highest BCUT2D eigenvalue weighted by Gasteiger charge is 2.22. The van der Waals surface area contributed by atoms with Gasteiger partial charge >= 0.3 is 5.69 Å². The number of H-pyrrole nitrogens is 1. The van der Waals surface area contributed by atoms with Gasteiger partial charge in [-0.05, 0) is 6.07 Å². The number of anilines is 1. The molecule has 0 spiro atoms. The molecular weight excluding hydrogens is 388 g/mol. The van der Waals surface area contributed by atoms with E-state index in [2.05, 4.69) is 19.8 Å². The first-order valence-corrected chi connectivity index (χ1v) is 9.77. The topological polar surface area (TPSA) is 97.6 Å². The van der Waals surface area contributed by atoms with Crippen LogP contribution in [0.5, 0.6) is 11.5 Å². The van der Waals surface area contributed by atoms with Crippen molar-refractivity contribution in [2.45, 2.75) is 6.54 Å². The number of aryl methyl sites for hydroxylation is 1. The minimum absolute atomic E-state index is 0.347. The third kappa shape index (κ3) is 3.43. The van der Waals surface area contributed by atoms with Crippen LogP contribution in [0, 0.1) is 0 Å². The zero-order chi connectivity index (χ0) is 21.4. The maximum Gasteiger partial charge on any atom is 0.332 e. The van der Waals surface area contributed by atoms with Crippen molar-refractivity contribution < 1.29 is 9.47 Å². The van der Waals surface area contributed by atoms with Crippen LogP contribution in [-0.2, 0) is 20.6 Å². The Morgan fingerprint density at radius 1 is 1.03 bits per heavy atom. The first-order valence-electron chi connectivity index (χ1n) is 9.77. The Kier molecular flexibility index (Phi) is 5.25. The summed E-state index contributed by atoms with van der Waals surface area (Å²) in [7, 11) is 6.39. The van der Waals surface area contributed by atoms with Crippen LogP contribution in [0.2, 0.25) is 0 Å². The maximum atomic E-state index is 12.4. The predicted octanol–water partition coefficient (Wildman–Crippen LogP) is 0.300. The van der Waals surface area contributed by atoms with Crippen molar-refractivity contribution in [1.29, 1.82) is 0 Å². The van der Waals surface area contributed by atoms with Crippen LogP contribution in [0.25, 0.3) is 11.2 Å². The van der Waals surface area contributed by atoms with Crippen molar-refractivity contribution in [3.05, 3.63) is 44.6 Å². The largest absolute Gasteiger partial charge is 0.497 e. The van der Waals surface area contributed by atoms with Crippen LogP contribution in [0.1, 0.15) is 5.56 Å². The van der Waals surface area contributed by atoms with Gasteiger partial charge in [0.1, 0.15) is 11.5 Å². The minimum Gasteiger partial charge on any atom is -0.497 e. The number of hydrogen-bond acceptors (Lipinski definition) is 7. The first-order chi connectivity index (χ1) is 14.4. The Morgan fingerprint density at radius 2 is 1.77 bits per heavy atom. The fourth-order valence-corrected chi connectivity index (χ4v) is 3.80. The smallest absolute Gasteiger partial charge is 0.332 e. The SMILES string of the molecule is COc1ccc(CN2CCN(c3nc4c([nH]3)c(=O)n(C)c(=O)n4C)CC2)c(OC)c1. The van der Waals surface area contributed by atoms with Crippen LogP contribution in [0.3, 0.4) is 0 Å². The Morgan fingerprint density at radius 3 is 2.43 bits per heavy atom. The van der Waals surface area contributed by atoms with Crippen molar-refractivity contribution in [2.24, 2.45) is 14.1 Å². The maximum absolute atomic E-state index is 12.4. The van der Waals surface area contributed by atoms with Crippen molar-refractivity contribution in [1.82, 2.24) is 24.0 Å². The molecule has 10 heteroatoms. The summed E-state index contributed by atoms with van der Waals surface area (Å²) >= 11 is 0. The zero-order valence-corrected chi connectivity index (χ0v) is 17.6. The Balaban J connectivity index is 1.49. The number of ether oxygens (including phenoxy) is 2. The molecule has 1 aliphatic rings. The molecule has 0 radical (unpaired) electrons. The molecule has 0 amide bonds. The lowest BCUT2D eigenvalue weighted by Crippen LogP contribution is -2.46. The summed E-state index contributed by atoms with van der Waals surface area (Å²) in [6.07, 6.45) is 0. The molecule has 0 saturated carbocycles. The van der Waals surface area contributed by atoms with Crippen molar-refractivity contribution in [2.75, 3.05) is 45.3 Å². The zero-order valence-electron chi connectivity index (χ0n) is 17.6. The highest BCUT2D eigenvalue weighted by Crippen LogP contribution is 2.26. The molecule has 10 nitrogen and oxygen atoms in total. The number of benzene rings is 1. The van der Waals surface area contributed by atoms with Gasteiger partial charge in [0.2, 0.25) is 5.95 Å². The van der Waals surface area contributed by atoms with E-state index in [0.29, 0.717) is 17.1 Å². The second-order valence-corrected chi connectivity index (χ2v) is 7.41. The van der Waals surface area contributed by atoms with Gasteiger partial charge in [0, 0.05) is 58.4 Å². The molecule has 0 aliphatic carbocycles. The van der Waals surface area contributed by atoms with Gasteiger partial charge in [-0.3, -0.25) is 18.8 Å². The number of methoxy groups -OCH3 is 2. The van der Waals surface area contributed by atoms with Gasteiger partial charge < -0.3 is 19.4 Å². The lowest BCUT2D eigenvalue weighted by molar-refractivity contribution is 0.245. The first kappa shape index (κ1) is 20.0. The summed E-state index contributed by atoms with van der Waals surface area (Å²) in [5.41, 5.74) is 1.08. The number of aromatic amines is 1. The third-order valence-corrected chi connectivity index (χ3v) is 5.64. The average molecular weight is 414 g/mol. The minimum atomic E-state index is -0.385. The second kappa shape index (κ2) is 7.86. The van der Waals surface area contributed by atoms with Gasteiger partial charge in [0.25, 0.3) is 5.56 Å². The molecule has 1 N–H and O–H groups in total. The lowest BCUT2D eigenvalue weighted by atomic mass is 10.1. The number of fused-ring (bicyclic) bond motifs is 1. The molecular formula is C20H26N6O4. The van der Waals surface area contributed by atoms with Crippen LogP contribution in [0.15, 0.2) is 27.8 Å². The van der Waals surface area contributed by atoms with Gasteiger partial charge in [0.05, 0.1) is 14.2 Å². The van der Waals surface area contributed by atoms with E-state index in [0.717, 1.165) is 54.4 Å². The van der Waals surface area contributed by atoms with Crippen molar-refractivity contribution in [3.8, 4) is 11.5 Å². The van der Waals surface area contributed by atoms with E-state index >= 15 is 0 Å². The van der Waals surface area contributed by atoms with E-state index in [1.54, 1.807) is 21.3 Å². The summed E-state index contributed by atoms with van der Waals surface area (Å²) in [5.74, 6) is 2.20. The number of piperazine rings is 1. The molecule has 0 atom stereocenters. The van der Waals surface area contributed by atoms with Crippen LogP contribution < -0.4 is 25.6 Å². The highest BCUT2D eigenvalue weighted by molar-refractivity contribution is 5.73. The summed E-state index contributed by atoms with van der Waals surface area (Å²) in [6.45, 7) is 3.96. The van der Waals surface area contributed by atoms with Crippen LogP contribution in [-0.4, -0.2) is 64.4 Å². The van der Waals surface area contributed by atoms with E-state index in [1.807, 2.05) is 18.2 Å². The van der Waals surface area contributed by atoms with Gasteiger partial charge in [-0.15, -0.1) is 0 Å². The quantitative estimate of drug-likeness (QED) is 0.641. The number of aromatic nitrogens is 4. The predicted molar refractivity (Wildman–Crippen MR) is 114 cm³/mol. The molecule has 1 aliphatic heterocycles. The number of imidazole rings is 1. The number of rotatable bonds is 5. The Bertz CT molecular complexity index is 1190. The Labute approximate surface area is 173 Å². The molecule has 30 heavy (non-hydrogen) atoms. The van der Waals surface area contributed by atoms with E-state index in [9.17, 15) is 9.59 Å². The standard InChI is InChI=1S/C20H26N6O4/c1-23-17-16(18(27)24(2)20(23)28)21-19(22-17)26-9-7-25(8-10-26)12-13-5-6-14(29-3)11-15(13)30-4/h5-6,11H,7-10,12H2,1-4H3,(H,21,22). The Hall–Kier alpha value is -3.27. The summed E-state index contributed by atoms with van der Waals surface area (Å²) in [6, 6.07) is 5.86. The summed E-state index contributed by atoms with van der Waals surface area (Å²) in [5, 5.41) is 0. The molecule has 4 rings (SSSR count). The molecule has 0 unspecified atom stereocenters. The van der Waals surface area contributed by atoms with Crippen molar-refractivity contribution in [3.63, 3.8) is 0 Å². The molecule has 3 heterocycles. The molecule has 160 valence electrons. The highest BCUT2D eigenvalue weighted by atomic mass is 16.5. The molecule has 2 aromatic heterocycles. The number of nitrogens with one attached hydrogen (secondary N) is 1. The third-order valence-electron chi connectivity index (χ3n) is 5.64. The van der Waals surface area contributed by atoms with Crippen LogP contribution in [0.4, 0.5) is 5.95 Å². The van der Waals surface area contributed by atoms with Gasteiger partial charge in [-0.25, -0.2) is 4.79 Å². The fourth-order valence-electron chi connectivity index (χ4n) is 3.80. The molecule has 0 bridgehead atoms. The van der Waals surface area contributed by atoms with Gasteiger partial charge in [0.15, 0.2) is 11.2 Å². The second-order valence-electron chi connectivity index (χ2n) is 7.41. The molecule has 1 saturated heterocycles. The lowest BCUT2D eigenvalue weighted by Gasteiger charge is -2.34. The molecule has 1 fully saturated rings. The fraction of sp³-hybridized carbons (Fsp3) is 0.450. The van der Waals surface area contributed by atoms with Crippen LogP contribution >= 0.6 is 0 Å².